The maximum atomic E-state index is 11.3. The molecule has 0 spiro atoms. The van der Waals surface area contributed by atoms with Crippen LogP contribution >= 0.6 is 0 Å². The summed E-state index contributed by atoms with van der Waals surface area (Å²) in [5.41, 5.74) is 4.08. The third kappa shape index (κ3) is 3.29. The predicted molar refractivity (Wildman–Crippen MR) is 111 cm³/mol. The Hall–Kier alpha value is -2.05. The molecule has 0 bridgehead atoms. The number of fused-ring (bicyclic) bond motifs is 1. The molecule has 6 heteroatoms. The van der Waals surface area contributed by atoms with Gasteiger partial charge >= 0.3 is 0 Å². The Morgan fingerprint density at radius 1 is 1.04 bits per heavy atom. The van der Waals surface area contributed by atoms with E-state index in [9.17, 15) is 5.11 Å². The third-order valence-corrected chi connectivity index (χ3v) is 6.32. The fraction of sp³-hybridized carbons (Fsp3) is 0.591. The van der Waals surface area contributed by atoms with Gasteiger partial charge in [0.2, 0.25) is 5.88 Å². The van der Waals surface area contributed by atoms with Crippen molar-refractivity contribution in [2.24, 2.45) is 4.99 Å². The van der Waals surface area contributed by atoms with Gasteiger partial charge in [0, 0.05) is 42.8 Å². The van der Waals surface area contributed by atoms with Crippen LogP contribution in [0.1, 0.15) is 50.1 Å². The maximum absolute atomic E-state index is 11.3. The number of anilines is 1. The van der Waals surface area contributed by atoms with E-state index in [4.69, 9.17) is 14.5 Å². The van der Waals surface area contributed by atoms with Gasteiger partial charge in [-0.3, -0.25) is 4.99 Å². The molecule has 1 aromatic heterocycles. The van der Waals surface area contributed by atoms with Crippen LogP contribution in [0.25, 0.3) is 10.9 Å². The van der Waals surface area contributed by atoms with Crippen molar-refractivity contribution in [1.29, 1.82) is 0 Å². The van der Waals surface area contributed by atoms with E-state index >= 15 is 0 Å². The van der Waals surface area contributed by atoms with Crippen LogP contribution < -0.4 is 5.32 Å². The van der Waals surface area contributed by atoms with Crippen LogP contribution in [-0.2, 0) is 9.47 Å². The molecule has 1 aromatic carbocycles. The molecule has 0 radical (unpaired) electrons. The van der Waals surface area contributed by atoms with Crippen molar-refractivity contribution in [2.45, 2.75) is 50.6 Å². The average Bonchev–Trinajstić information content (AvgIpc) is 2.84. The summed E-state index contributed by atoms with van der Waals surface area (Å²) in [6.45, 7) is 3.45. The molecule has 2 aliphatic heterocycles. The number of nitrogens with zero attached hydrogens (tertiary/aromatic N) is 2. The monoisotopic (exact) mass is 383 g/mol. The van der Waals surface area contributed by atoms with Gasteiger partial charge in [-0.2, -0.15) is 0 Å². The van der Waals surface area contributed by atoms with Crippen molar-refractivity contribution < 1.29 is 14.6 Å². The number of ether oxygens (including phenoxy) is 2. The second-order valence-corrected chi connectivity index (χ2v) is 8.11. The minimum Gasteiger partial charge on any atom is -0.494 e. The quantitative estimate of drug-likeness (QED) is 0.841. The normalized spacial score (nSPS) is 21.9. The van der Waals surface area contributed by atoms with Crippen molar-refractivity contribution in [3.63, 3.8) is 0 Å². The Morgan fingerprint density at radius 3 is 2.64 bits per heavy atom. The molecule has 3 aliphatic rings. The van der Waals surface area contributed by atoms with Gasteiger partial charge < -0.3 is 24.5 Å². The number of aromatic nitrogens is 1. The van der Waals surface area contributed by atoms with Crippen LogP contribution in [-0.4, -0.2) is 54.4 Å². The van der Waals surface area contributed by atoms with E-state index in [1.165, 1.54) is 19.3 Å². The zero-order valence-electron chi connectivity index (χ0n) is 16.3. The SMILES string of the molecule is Oc1c(C2=NCCOCC2)c2cc(NC3CCC3)ccc2n1C1CCOCC1. The molecule has 0 atom stereocenters. The van der Waals surface area contributed by atoms with Crippen molar-refractivity contribution in [3.8, 4) is 5.88 Å². The van der Waals surface area contributed by atoms with Crippen molar-refractivity contribution >= 4 is 22.3 Å². The molecule has 5 rings (SSSR count). The van der Waals surface area contributed by atoms with Crippen molar-refractivity contribution in [2.75, 3.05) is 38.3 Å². The first kappa shape index (κ1) is 18.0. The van der Waals surface area contributed by atoms with Crippen LogP contribution in [0.4, 0.5) is 5.69 Å². The standard InChI is InChI=1S/C22H29N3O3/c26-22-21(19-8-12-28-13-9-23-19)18-14-16(24-15-2-1-3-15)4-5-20(18)25(22)17-6-10-27-11-7-17/h4-5,14-15,17,24,26H,1-3,6-13H2. The lowest BCUT2D eigenvalue weighted by atomic mass is 9.93. The van der Waals surface area contributed by atoms with E-state index in [1.807, 2.05) is 0 Å². The first-order chi connectivity index (χ1) is 13.8. The molecule has 1 saturated carbocycles. The lowest BCUT2D eigenvalue weighted by molar-refractivity contribution is 0.0688. The number of hydrogen-bond donors (Lipinski definition) is 2. The molecule has 2 fully saturated rings. The summed E-state index contributed by atoms with van der Waals surface area (Å²) in [5.74, 6) is 0.350. The molecular formula is C22H29N3O3. The highest BCUT2D eigenvalue weighted by atomic mass is 16.5. The van der Waals surface area contributed by atoms with Gasteiger partial charge in [0.15, 0.2) is 0 Å². The lowest BCUT2D eigenvalue weighted by Crippen LogP contribution is -2.26. The largest absolute Gasteiger partial charge is 0.494 e. The number of hydrogen-bond acceptors (Lipinski definition) is 5. The van der Waals surface area contributed by atoms with Crippen LogP contribution in [0.5, 0.6) is 5.88 Å². The topological polar surface area (TPSA) is 68.0 Å². The predicted octanol–water partition coefficient (Wildman–Crippen LogP) is 3.87. The van der Waals surface area contributed by atoms with Crippen LogP contribution in [0.15, 0.2) is 23.2 Å². The van der Waals surface area contributed by atoms with Gasteiger partial charge in [-0.05, 0) is 50.3 Å². The smallest absolute Gasteiger partial charge is 0.201 e. The maximum Gasteiger partial charge on any atom is 0.201 e. The Morgan fingerprint density at radius 2 is 1.86 bits per heavy atom. The molecule has 0 amide bonds. The molecule has 6 nitrogen and oxygen atoms in total. The van der Waals surface area contributed by atoms with E-state index in [1.54, 1.807) is 0 Å². The Kier molecular flexibility index (Phi) is 4.99. The molecular weight excluding hydrogens is 354 g/mol. The number of aromatic hydroxyl groups is 1. The fourth-order valence-corrected chi connectivity index (χ4v) is 4.58. The summed E-state index contributed by atoms with van der Waals surface area (Å²) in [5, 5.41) is 16.1. The molecule has 150 valence electrons. The second kappa shape index (κ2) is 7.76. The molecule has 2 N–H and O–H groups in total. The highest BCUT2D eigenvalue weighted by Crippen LogP contribution is 2.40. The summed E-state index contributed by atoms with van der Waals surface area (Å²) < 4.78 is 13.3. The summed E-state index contributed by atoms with van der Waals surface area (Å²) in [6.07, 6.45) is 6.37. The molecule has 2 aromatic rings. The van der Waals surface area contributed by atoms with Gasteiger partial charge in [-0.25, -0.2) is 0 Å². The molecule has 0 unspecified atom stereocenters. The molecule has 3 heterocycles. The van der Waals surface area contributed by atoms with Gasteiger partial charge in [0.1, 0.15) is 0 Å². The van der Waals surface area contributed by atoms with Gasteiger partial charge in [-0.1, -0.05) is 0 Å². The van der Waals surface area contributed by atoms with Crippen molar-refractivity contribution in [1.82, 2.24) is 4.57 Å². The second-order valence-electron chi connectivity index (χ2n) is 8.11. The van der Waals surface area contributed by atoms with Gasteiger partial charge in [-0.15, -0.1) is 0 Å². The van der Waals surface area contributed by atoms with Crippen molar-refractivity contribution in [3.05, 3.63) is 23.8 Å². The average molecular weight is 383 g/mol. The zero-order valence-corrected chi connectivity index (χ0v) is 16.3. The summed E-state index contributed by atoms with van der Waals surface area (Å²) in [7, 11) is 0. The van der Waals surface area contributed by atoms with Crippen LogP contribution in [0, 0.1) is 0 Å². The highest BCUT2D eigenvalue weighted by molar-refractivity contribution is 6.14. The number of aliphatic imine (C=N–C) groups is 1. The molecule has 1 saturated heterocycles. The fourth-order valence-electron chi connectivity index (χ4n) is 4.58. The number of benzene rings is 1. The molecule has 1 aliphatic carbocycles. The third-order valence-electron chi connectivity index (χ3n) is 6.32. The summed E-state index contributed by atoms with van der Waals surface area (Å²) >= 11 is 0. The van der Waals surface area contributed by atoms with E-state index in [0.29, 0.717) is 31.7 Å². The lowest BCUT2D eigenvalue weighted by Gasteiger charge is -2.27. The Labute approximate surface area is 165 Å². The van der Waals surface area contributed by atoms with E-state index in [-0.39, 0.29) is 6.04 Å². The Bertz CT molecular complexity index is 879. The van der Waals surface area contributed by atoms with E-state index in [2.05, 4.69) is 28.1 Å². The minimum atomic E-state index is 0.262. The summed E-state index contributed by atoms with van der Waals surface area (Å²) in [6, 6.07) is 7.35. The van der Waals surface area contributed by atoms with E-state index in [0.717, 1.165) is 60.3 Å². The Balaban J connectivity index is 1.62. The van der Waals surface area contributed by atoms with E-state index < -0.39 is 0 Å². The summed E-state index contributed by atoms with van der Waals surface area (Å²) in [4.78, 5) is 4.75. The highest BCUT2D eigenvalue weighted by Gasteiger charge is 2.27. The van der Waals surface area contributed by atoms with Gasteiger partial charge in [0.05, 0.1) is 36.6 Å². The first-order valence-electron chi connectivity index (χ1n) is 10.6. The first-order valence-corrected chi connectivity index (χ1v) is 10.6. The zero-order chi connectivity index (χ0) is 18.9. The minimum absolute atomic E-state index is 0.262. The van der Waals surface area contributed by atoms with Gasteiger partial charge in [0.25, 0.3) is 0 Å². The van der Waals surface area contributed by atoms with Crippen LogP contribution in [0.2, 0.25) is 0 Å². The van der Waals surface area contributed by atoms with Crippen LogP contribution in [0.3, 0.4) is 0 Å². The number of nitrogens with one attached hydrogen (secondary N) is 1. The number of rotatable bonds is 4. The molecule has 28 heavy (non-hydrogen) atoms.